The van der Waals surface area contributed by atoms with Gasteiger partial charge in [-0.05, 0) is 23.0 Å². The first-order valence-electron chi connectivity index (χ1n) is 7.04. The van der Waals surface area contributed by atoms with Gasteiger partial charge in [-0.3, -0.25) is 0 Å². The van der Waals surface area contributed by atoms with Crippen molar-refractivity contribution in [1.29, 1.82) is 5.26 Å². The molecule has 102 valence electrons. The molecule has 1 rings (SSSR count). The Morgan fingerprint density at radius 1 is 1.17 bits per heavy atom. The molecule has 3 heteroatoms. The molecule has 0 aromatic rings. The van der Waals surface area contributed by atoms with Crippen LogP contribution in [0.25, 0.3) is 0 Å². The molecule has 0 N–H and O–H groups in total. The summed E-state index contributed by atoms with van der Waals surface area (Å²) < 4.78 is 6.47. The van der Waals surface area contributed by atoms with Crippen molar-refractivity contribution in [3.05, 3.63) is 12.3 Å². The van der Waals surface area contributed by atoms with Crippen LogP contribution in [-0.4, -0.2) is 8.32 Å². The van der Waals surface area contributed by atoms with Gasteiger partial charge in [-0.15, -0.1) is 0 Å². The van der Waals surface area contributed by atoms with E-state index in [1.807, 2.05) is 0 Å². The minimum absolute atomic E-state index is 0.149. The van der Waals surface area contributed by atoms with E-state index in [2.05, 4.69) is 54.2 Å². The Hall–Kier alpha value is -0.753. The average molecular weight is 265 g/mol. The minimum Gasteiger partial charge on any atom is -0.546 e. The Morgan fingerprint density at radius 3 is 1.89 bits per heavy atom. The van der Waals surface area contributed by atoms with E-state index in [9.17, 15) is 0 Å². The van der Waals surface area contributed by atoms with E-state index in [4.69, 9.17) is 9.69 Å². The zero-order valence-corrected chi connectivity index (χ0v) is 13.7. The second-order valence-corrected chi connectivity index (χ2v) is 11.8. The topological polar surface area (TPSA) is 33.0 Å². The number of nitrogens with zero attached hydrogens (tertiary/aromatic N) is 1. The summed E-state index contributed by atoms with van der Waals surface area (Å²) in [4.78, 5) is 0. The molecule has 2 atom stereocenters. The zero-order valence-electron chi connectivity index (χ0n) is 12.7. The summed E-state index contributed by atoms with van der Waals surface area (Å²) in [7, 11) is -1.86. The molecule has 0 heterocycles. The first kappa shape index (κ1) is 15.3. The quantitative estimate of drug-likeness (QED) is 0.508. The van der Waals surface area contributed by atoms with Crippen LogP contribution in [0.5, 0.6) is 0 Å². The molecule has 0 bridgehead atoms. The summed E-state index contributed by atoms with van der Waals surface area (Å²) in [6, 6.07) is 2.32. The van der Waals surface area contributed by atoms with Gasteiger partial charge >= 0.3 is 0 Å². The Bertz CT molecular complexity index is 332. The Morgan fingerprint density at radius 2 is 1.61 bits per heavy atom. The molecule has 2 nitrogen and oxygen atoms in total. The van der Waals surface area contributed by atoms with Gasteiger partial charge in [0.05, 0.1) is 17.7 Å². The van der Waals surface area contributed by atoms with Crippen molar-refractivity contribution in [2.45, 2.75) is 64.6 Å². The first-order valence-corrected chi connectivity index (χ1v) is 9.18. The predicted molar refractivity (Wildman–Crippen MR) is 78.5 cm³/mol. The van der Waals surface area contributed by atoms with E-state index < -0.39 is 8.32 Å². The fraction of sp³-hybridized carbons (Fsp3) is 0.800. The van der Waals surface area contributed by atoms with Crippen LogP contribution in [-0.2, 0) is 4.43 Å². The van der Waals surface area contributed by atoms with E-state index in [1.54, 1.807) is 0 Å². The van der Waals surface area contributed by atoms with E-state index in [0.717, 1.165) is 12.2 Å². The smallest absolute Gasteiger partial charge is 0.258 e. The Kier molecular flexibility index (Phi) is 4.66. The third kappa shape index (κ3) is 2.64. The van der Waals surface area contributed by atoms with Gasteiger partial charge < -0.3 is 4.43 Å². The molecule has 18 heavy (non-hydrogen) atoms. The van der Waals surface area contributed by atoms with Gasteiger partial charge in [0.1, 0.15) is 0 Å². The molecule has 1 aliphatic rings. The van der Waals surface area contributed by atoms with Crippen LogP contribution >= 0.6 is 0 Å². The van der Waals surface area contributed by atoms with Crippen LogP contribution in [0, 0.1) is 23.2 Å². The minimum atomic E-state index is -1.86. The lowest BCUT2D eigenvalue weighted by molar-refractivity contribution is 0.347. The largest absolute Gasteiger partial charge is 0.546 e. The Balaban J connectivity index is 2.86. The lowest BCUT2D eigenvalue weighted by Crippen LogP contribution is -2.47. The zero-order chi connectivity index (χ0) is 14.1. The normalized spacial score (nSPS) is 23.3. The van der Waals surface area contributed by atoms with Crippen molar-refractivity contribution >= 4 is 8.32 Å². The van der Waals surface area contributed by atoms with Gasteiger partial charge in [-0.1, -0.05) is 48.1 Å². The second kappa shape index (κ2) is 5.48. The summed E-state index contributed by atoms with van der Waals surface area (Å²) in [6.07, 6.45) is 0.939. The molecule has 0 amide bonds. The number of hydrogen-bond acceptors (Lipinski definition) is 2. The van der Waals surface area contributed by atoms with Crippen molar-refractivity contribution in [3.63, 3.8) is 0 Å². The molecular formula is C15H27NOSi. The molecule has 0 spiro atoms. The highest BCUT2D eigenvalue weighted by Crippen LogP contribution is 2.49. The summed E-state index contributed by atoms with van der Waals surface area (Å²) >= 11 is 0. The van der Waals surface area contributed by atoms with Gasteiger partial charge in [0.25, 0.3) is 8.32 Å². The number of nitriles is 1. The monoisotopic (exact) mass is 265 g/mol. The van der Waals surface area contributed by atoms with Gasteiger partial charge in [0.15, 0.2) is 0 Å². The highest BCUT2D eigenvalue weighted by Gasteiger charge is 2.50. The SMILES string of the molecule is C=C(O[Si](C(C)C)(C(C)C)C(C)C)C1CC1C#N. The van der Waals surface area contributed by atoms with Crippen LogP contribution < -0.4 is 0 Å². The van der Waals surface area contributed by atoms with Crippen molar-refractivity contribution in [3.8, 4) is 6.07 Å². The number of hydrogen-bond donors (Lipinski definition) is 0. The lowest BCUT2D eigenvalue weighted by Gasteiger charge is -2.42. The van der Waals surface area contributed by atoms with Crippen LogP contribution in [0.15, 0.2) is 12.3 Å². The van der Waals surface area contributed by atoms with Gasteiger partial charge in [0.2, 0.25) is 0 Å². The molecule has 0 radical (unpaired) electrons. The molecular weight excluding hydrogens is 238 g/mol. The van der Waals surface area contributed by atoms with Gasteiger partial charge in [-0.2, -0.15) is 5.26 Å². The summed E-state index contributed by atoms with van der Waals surface area (Å²) in [6.45, 7) is 17.7. The summed E-state index contributed by atoms with van der Waals surface area (Å²) in [5, 5.41) is 8.92. The maximum absolute atomic E-state index is 8.92. The van der Waals surface area contributed by atoms with E-state index in [-0.39, 0.29) is 11.8 Å². The van der Waals surface area contributed by atoms with Crippen LogP contribution in [0.3, 0.4) is 0 Å². The van der Waals surface area contributed by atoms with Crippen LogP contribution in [0.1, 0.15) is 48.0 Å². The molecule has 0 saturated heterocycles. The number of allylic oxidation sites excluding steroid dienone is 1. The molecule has 1 aliphatic carbocycles. The maximum atomic E-state index is 8.92. The summed E-state index contributed by atoms with van der Waals surface area (Å²) in [5.74, 6) is 1.32. The molecule has 1 fully saturated rings. The standard InChI is InChI=1S/C15H27NOSi/c1-10(2)18(11(3)4,12(5)6)17-13(7)15-8-14(15)9-16/h10-12,14-15H,7-8H2,1-6H3. The van der Waals surface area contributed by atoms with Crippen LogP contribution in [0.4, 0.5) is 0 Å². The molecule has 0 aromatic carbocycles. The third-order valence-corrected chi connectivity index (χ3v) is 10.4. The Labute approximate surface area is 113 Å². The van der Waals surface area contributed by atoms with Crippen molar-refractivity contribution in [2.75, 3.05) is 0 Å². The number of rotatable bonds is 6. The predicted octanol–water partition coefficient (Wildman–Crippen LogP) is 4.85. The fourth-order valence-corrected chi connectivity index (χ4v) is 8.66. The average Bonchev–Trinajstić information content (AvgIpc) is 3.03. The van der Waals surface area contributed by atoms with Crippen LogP contribution in [0.2, 0.25) is 16.6 Å². The van der Waals surface area contributed by atoms with E-state index in [0.29, 0.717) is 16.6 Å². The summed E-state index contributed by atoms with van der Waals surface area (Å²) in [5.41, 5.74) is 1.69. The first-order chi connectivity index (χ1) is 8.27. The highest BCUT2D eigenvalue weighted by molar-refractivity contribution is 6.77. The second-order valence-electron chi connectivity index (χ2n) is 6.46. The van der Waals surface area contributed by atoms with Gasteiger partial charge in [0, 0.05) is 5.92 Å². The molecule has 0 aromatic heterocycles. The van der Waals surface area contributed by atoms with E-state index in [1.165, 1.54) is 0 Å². The van der Waals surface area contributed by atoms with Crippen molar-refractivity contribution in [2.24, 2.45) is 11.8 Å². The molecule has 1 saturated carbocycles. The highest BCUT2D eigenvalue weighted by atomic mass is 28.4. The fourth-order valence-electron chi connectivity index (χ4n) is 3.35. The van der Waals surface area contributed by atoms with Gasteiger partial charge in [-0.25, -0.2) is 0 Å². The maximum Gasteiger partial charge on any atom is 0.258 e. The lowest BCUT2D eigenvalue weighted by atomic mass is 10.3. The van der Waals surface area contributed by atoms with Crippen molar-refractivity contribution < 1.29 is 4.43 Å². The molecule has 2 unspecified atom stereocenters. The third-order valence-electron chi connectivity index (χ3n) is 4.38. The van der Waals surface area contributed by atoms with E-state index >= 15 is 0 Å². The van der Waals surface area contributed by atoms with Crippen molar-refractivity contribution in [1.82, 2.24) is 0 Å². The molecule has 0 aliphatic heterocycles.